The first kappa shape index (κ1) is 14.7. The summed E-state index contributed by atoms with van der Waals surface area (Å²) in [7, 11) is 0. The van der Waals surface area contributed by atoms with Gasteiger partial charge in [-0.1, -0.05) is 12.7 Å². The van der Waals surface area contributed by atoms with Crippen LogP contribution in [0.25, 0.3) is 0 Å². The van der Waals surface area contributed by atoms with Crippen LogP contribution in [0, 0.1) is 0 Å². The van der Waals surface area contributed by atoms with Crippen LogP contribution in [0.4, 0.5) is 5.82 Å². The molecule has 0 amide bonds. The molecular weight excluding hydrogens is 298 g/mol. The number of fused-ring (bicyclic) bond motifs is 2. The average molecular weight is 311 g/mol. The first-order valence-electron chi connectivity index (χ1n) is 6.73. The number of aromatic hydroxyl groups is 2. The molecule has 1 aromatic heterocycles. The predicted molar refractivity (Wildman–Crippen MR) is 82.7 cm³/mol. The Kier molecular flexibility index (Phi) is 3.34. The third kappa shape index (κ3) is 2.14. The van der Waals surface area contributed by atoms with Gasteiger partial charge in [-0.3, -0.25) is 9.59 Å². The molecule has 0 bridgehead atoms. The molecule has 0 saturated carbocycles. The Morgan fingerprint density at radius 1 is 1.09 bits per heavy atom. The summed E-state index contributed by atoms with van der Waals surface area (Å²) in [6, 6.07) is 3.70. The number of carbonyl (C=O) groups excluding carboxylic acids is 2. The Labute approximate surface area is 131 Å². The molecule has 1 unspecified atom stereocenters. The van der Waals surface area contributed by atoms with Crippen molar-refractivity contribution in [2.75, 3.05) is 5.32 Å². The van der Waals surface area contributed by atoms with E-state index in [-0.39, 0.29) is 39.6 Å². The highest BCUT2D eigenvalue weighted by molar-refractivity contribution is 6.31. The maximum absolute atomic E-state index is 12.7. The van der Waals surface area contributed by atoms with Crippen molar-refractivity contribution < 1.29 is 19.8 Å². The number of benzene rings is 1. The van der Waals surface area contributed by atoms with Crippen molar-refractivity contribution in [2.24, 2.45) is 5.73 Å². The zero-order valence-corrected chi connectivity index (χ0v) is 11.9. The van der Waals surface area contributed by atoms with E-state index in [2.05, 4.69) is 16.9 Å². The number of hydrogen-bond donors (Lipinski definition) is 4. The van der Waals surface area contributed by atoms with Gasteiger partial charge in [-0.05, 0) is 18.2 Å². The molecule has 1 aromatic carbocycles. The SMILES string of the molecule is C=CC(N)Nc1nccc2c1C(=O)c1c(O)ccc(O)c1C2=O. The van der Waals surface area contributed by atoms with Gasteiger partial charge < -0.3 is 21.3 Å². The highest BCUT2D eigenvalue weighted by atomic mass is 16.3. The van der Waals surface area contributed by atoms with E-state index in [1.807, 2.05) is 0 Å². The predicted octanol–water partition coefficient (Wildman–Crippen LogP) is 1.15. The summed E-state index contributed by atoms with van der Waals surface area (Å²) in [5.41, 5.74) is 5.34. The lowest BCUT2D eigenvalue weighted by molar-refractivity contribution is 0.0974. The van der Waals surface area contributed by atoms with Crippen LogP contribution in [0.2, 0.25) is 0 Å². The third-order valence-corrected chi connectivity index (χ3v) is 3.60. The number of hydrogen-bond acceptors (Lipinski definition) is 7. The smallest absolute Gasteiger partial charge is 0.202 e. The van der Waals surface area contributed by atoms with Gasteiger partial charge in [0.2, 0.25) is 5.78 Å². The Morgan fingerprint density at radius 3 is 2.30 bits per heavy atom. The van der Waals surface area contributed by atoms with E-state index in [0.717, 1.165) is 12.1 Å². The molecule has 0 fully saturated rings. The maximum Gasteiger partial charge on any atom is 0.202 e. The molecule has 116 valence electrons. The van der Waals surface area contributed by atoms with Crippen LogP contribution in [-0.2, 0) is 0 Å². The number of nitrogens with zero attached hydrogens (tertiary/aromatic N) is 1. The lowest BCUT2D eigenvalue weighted by atomic mass is 9.83. The molecule has 0 spiro atoms. The topological polar surface area (TPSA) is 126 Å². The minimum absolute atomic E-state index is 0.00296. The number of phenols is 2. The normalized spacial score (nSPS) is 14.0. The lowest BCUT2D eigenvalue weighted by Crippen LogP contribution is -2.30. The quantitative estimate of drug-likeness (QED) is 0.325. The first-order valence-corrected chi connectivity index (χ1v) is 6.73. The van der Waals surface area contributed by atoms with Gasteiger partial charge in [0.15, 0.2) is 5.78 Å². The summed E-state index contributed by atoms with van der Waals surface area (Å²) in [6.07, 6.45) is 2.09. The summed E-state index contributed by atoms with van der Waals surface area (Å²) >= 11 is 0. The molecule has 0 saturated heterocycles. The van der Waals surface area contributed by atoms with Crippen molar-refractivity contribution >= 4 is 17.4 Å². The Balaban J connectivity index is 2.26. The second kappa shape index (κ2) is 5.22. The molecule has 7 heteroatoms. The van der Waals surface area contributed by atoms with Crippen molar-refractivity contribution in [1.29, 1.82) is 0 Å². The molecule has 2 aromatic rings. The first-order chi connectivity index (χ1) is 11.0. The number of carbonyl (C=O) groups is 2. The maximum atomic E-state index is 12.7. The van der Waals surface area contributed by atoms with E-state index in [9.17, 15) is 19.8 Å². The average Bonchev–Trinajstić information content (AvgIpc) is 2.54. The van der Waals surface area contributed by atoms with Crippen molar-refractivity contribution in [3.05, 3.63) is 59.3 Å². The van der Waals surface area contributed by atoms with Crippen LogP contribution >= 0.6 is 0 Å². The zero-order valence-electron chi connectivity index (χ0n) is 11.9. The van der Waals surface area contributed by atoms with E-state index in [1.165, 1.54) is 18.3 Å². The van der Waals surface area contributed by atoms with Crippen LogP contribution in [0.3, 0.4) is 0 Å². The fourth-order valence-electron chi connectivity index (χ4n) is 2.51. The largest absolute Gasteiger partial charge is 0.507 e. The lowest BCUT2D eigenvalue weighted by Gasteiger charge is -2.22. The standard InChI is InChI=1S/C16H13N3O4/c1-2-10(17)19-16-11-7(5-6-18-16)14(22)12-8(20)3-4-9(21)13(12)15(11)23/h2-6,10,20-21H,1,17H2,(H,18,19). The fourth-order valence-corrected chi connectivity index (χ4v) is 2.51. The van der Waals surface area contributed by atoms with Crippen LogP contribution in [0.1, 0.15) is 31.8 Å². The third-order valence-electron chi connectivity index (χ3n) is 3.60. The highest BCUT2D eigenvalue weighted by Gasteiger charge is 2.36. The number of rotatable bonds is 3. The second-order valence-electron chi connectivity index (χ2n) is 5.00. The van der Waals surface area contributed by atoms with Crippen molar-refractivity contribution in [3.8, 4) is 11.5 Å². The van der Waals surface area contributed by atoms with Crippen LogP contribution in [0.15, 0.2) is 37.1 Å². The van der Waals surface area contributed by atoms with Gasteiger partial charge in [-0.2, -0.15) is 0 Å². The Bertz CT molecular complexity index is 861. The van der Waals surface area contributed by atoms with Crippen LogP contribution < -0.4 is 11.1 Å². The monoisotopic (exact) mass is 311 g/mol. The summed E-state index contributed by atoms with van der Waals surface area (Å²) in [5, 5.41) is 22.6. The summed E-state index contributed by atoms with van der Waals surface area (Å²) in [4.78, 5) is 29.4. The summed E-state index contributed by atoms with van der Waals surface area (Å²) < 4.78 is 0. The van der Waals surface area contributed by atoms with Gasteiger partial charge in [0.25, 0.3) is 0 Å². The molecule has 7 nitrogen and oxygen atoms in total. The van der Waals surface area contributed by atoms with Gasteiger partial charge in [-0.25, -0.2) is 4.98 Å². The molecule has 1 atom stereocenters. The van der Waals surface area contributed by atoms with E-state index in [4.69, 9.17) is 5.73 Å². The van der Waals surface area contributed by atoms with Gasteiger partial charge in [0, 0.05) is 11.8 Å². The van der Waals surface area contributed by atoms with Crippen molar-refractivity contribution in [1.82, 2.24) is 4.98 Å². The van der Waals surface area contributed by atoms with Crippen LogP contribution in [0.5, 0.6) is 11.5 Å². The minimum atomic E-state index is -0.670. The second-order valence-corrected chi connectivity index (χ2v) is 5.00. The molecule has 3 rings (SSSR count). The number of ketones is 2. The van der Waals surface area contributed by atoms with Gasteiger partial charge in [-0.15, -0.1) is 0 Å². The van der Waals surface area contributed by atoms with Gasteiger partial charge in [0.05, 0.1) is 22.9 Å². The number of anilines is 1. The van der Waals surface area contributed by atoms with Crippen molar-refractivity contribution in [2.45, 2.75) is 6.17 Å². The van der Waals surface area contributed by atoms with Crippen LogP contribution in [-0.4, -0.2) is 32.9 Å². The number of pyridine rings is 1. The Morgan fingerprint density at radius 2 is 1.70 bits per heavy atom. The van der Waals surface area contributed by atoms with E-state index < -0.39 is 17.7 Å². The van der Waals surface area contributed by atoms with Gasteiger partial charge >= 0.3 is 0 Å². The molecule has 5 N–H and O–H groups in total. The van der Waals surface area contributed by atoms with E-state index in [0.29, 0.717) is 0 Å². The molecule has 1 aliphatic rings. The number of nitrogens with two attached hydrogens (primary N) is 1. The highest BCUT2D eigenvalue weighted by Crippen LogP contribution is 2.39. The molecule has 0 radical (unpaired) electrons. The summed E-state index contributed by atoms with van der Waals surface area (Å²) in [6.45, 7) is 3.52. The van der Waals surface area contributed by atoms with E-state index in [1.54, 1.807) is 0 Å². The number of aromatic nitrogens is 1. The number of nitrogens with one attached hydrogen (secondary N) is 1. The fraction of sp³-hybridized carbons (Fsp3) is 0.0625. The molecule has 23 heavy (non-hydrogen) atoms. The minimum Gasteiger partial charge on any atom is -0.507 e. The van der Waals surface area contributed by atoms with E-state index >= 15 is 0 Å². The zero-order chi connectivity index (χ0) is 16.7. The number of phenolic OH excluding ortho intramolecular Hbond substituents is 2. The summed E-state index contributed by atoms with van der Waals surface area (Å²) in [5.74, 6) is -1.82. The molecular formula is C16H13N3O4. The van der Waals surface area contributed by atoms with Crippen molar-refractivity contribution in [3.63, 3.8) is 0 Å². The molecule has 1 aliphatic carbocycles. The Hall–Kier alpha value is -3.19. The molecule has 1 heterocycles. The molecule has 0 aliphatic heterocycles. The van der Waals surface area contributed by atoms with Gasteiger partial charge in [0.1, 0.15) is 17.3 Å².